The molecule has 0 aliphatic rings. The van der Waals surface area contributed by atoms with E-state index in [0.717, 1.165) is 30.4 Å². The second-order valence-electron chi connectivity index (χ2n) is 14.2. The van der Waals surface area contributed by atoms with Gasteiger partial charge in [0.25, 0.3) is 0 Å². The van der Waals surface area contributed by atoms with E-state index in [1.807, 2.05) is 0 Å². The lowest BCUT2D eigenvalue weighted by molar-refractivity contribution is -0.913. The summed E-state index contributed by atoms with van der Waals surface area (Å²) < 4.78 is 0.729. The van der Waals surface area contributed by atoms with Gasteiger partial charge < -0.3 is 24.9 Å². The molecule has 0 aromatic heterocycles. The van der Waals surface area contributed by atoms with Crippen LogP contribution in [0.25, 0.3) is 0 Å². The molecule has 43 heavy (non-hydrogen) atoms. The molecule has 0 radical (unpaired) electrons. The van der Waals surface area contributed by atoms with Crippen LogP contribution in [0.3, 0.4) is 0 Å². The second kappa shape index (κ2) is 31.8. The fourth-order valence-corrected chi connectivity index (χ4v) is 6.59. The summed E-state index contributed by atoms with van der Waals surface area (Å²) in [7, 11) is 2.20. The van der Waals surface area contributed by atoms with Crippen LogP contribution >= 0.6 is 0 Å². The van der Waals surface area contributed by atoms with Crippen molar-refractivity contribution in [1.82, 2.24) is 0 Å². The van der Waals surface area contributed by atoms with Crippen LogP contribution < -0.4 is 0 Å². The van der Waals surface area contributed by atoms with Gasteiger partial charge in [0.2, 0.25) is 0 Å². The van der Waals surface area contributed by atoms with Crippen molar-refractivity contribution in [3.05, 3.63) is 0 Å². The summed E-state index contributed by atoms with van der Waals surface area (Å²) in [5.74, 6) is 0. The maximum absolute atomic E-state index is 10.6. The lowest BCUT2D eigenvalue weighted by atomic mass is 10.0. The summed E-state index contributed by atoms with van der Waals surface area (Å²) in [6.45, 7) is 6.45. The van der Waals surface area contributed by atoms with E-state index >= 15 is 0 Å². The molecule has 0 aliphatic heterocycles. The summed E-state index contributed by atoms with van der Waals surface area (Å²) in [6.07, 6.45) is 34.1. The topological polar surface area (TPSA) is 80.9 Å². The minimum absolute atomic E-state index is 0.426. The first kappa shape index (κ1) is 42.8. The Bertz CT molecular complexity index is 514. The molecule has 0 rings (SSSR count). The normalized spacial score (nSPS) is 14.3. The summed E-state index contributed by atoms with van der Waals surface area (Å²) in [4.78, 5) is 0. The zero-order valence-corrected chi connectivity index (χ0v) is 29.6. The van der Waals surface area contributed by atoms with Gasteiger partial charge in [0.05, 0.1) is 26.7 Å². The average molecular weight is 615 g/mol. The first-order chi connectivity index (χ1) is 20.9. The number of aliphatic hydroxyl groups excluding tert-OH is 4. The van der Waals surface area contributed by atoms with Crippen molar-refractivity contribution in [3.8, 4) is 0 Å². The molecule has 260 valence electrons. The van der Waals surface area contributed by atoms with Crippen LogP contribution in [0.2, 0.25) is 0 Å². The molecule has 0 spiro atoms. The van der Waals surface area contributed by atoms with Gasteiger partial charge in [-0.25, -0.2) is 0 Å². The van der Waals surface area contributed by atoms with E-state index in [1.165, 1.54) is 167 Å². The fourth-order valence-electron chi connectivity index (χ4n) is 6.59. The van der Waals surface area contributed by atoms with E-state index in [0.29, 0.717) is 6.54 Å². The maximum Gasteiger partial charge on any atom is 0.131 e. The van der Waals surface area contributed by atoms with Crippen LogP contribution in [0.1, 0.15) is 194 Å². The molecule has 0 heterocycles. The van der Waals surface area contributed by atoms with Gasteiger partial charge in [-0.2, -0.15) is 0 Å². The van der Waals surface area contributed by atoms with Crippen LogP contribution in [-0.2, 0) is 0 Å². The quantitative estimate of drug-likeness (QED) is 0.0423. The van der Waals surface area contributed by atoms with E-state index in [1.54, 1.807) is 0 Å². The van der Waals surface area contributed by atoms with Crippen molar-refractivity contribution in [2.45, 2.75) is 212 Å². The molecule has 0 saturated heterocycles. The number of hydrogen-bond donors (Lipinski definition) is 4. The predicted octanol–water partition coefficient (Wildman–Crippen LogP) is 9.47. The monoisotopic (exact) mass is 615 g/mol. The number of unbranched alkanes of at least 4 members (excludes halogenated alkanes) is 26. The molecule has 0 aliphatic carbocycles. The largest absolute Gasteiger partial charge is 0.394 e. The highest BCUT2D eigenvalue weighted by Gasteiger charge is 2.32. The number of rotatable bonds is 35. The fraction of sp³-hybridized carbons (Fsp3) is 1.00. The second-order valence-corrected chi connectivity index (χ2v) is 14.2. The van der Waals surface area contributed by atoms with Gasteiger partial charge >= 0.3 is 0 Å². The summed E-state index contributed by atoms with van der Waals surface area (Å²) >= 11 is 0. The Morgan fingerprint density at radius 2 is 0.651 bits per heavy atom. The third kappa shape index (κ3) is 27.8. The van der Waals surface area contributed by atoms with E-state index in [2.05, 4.69) is 20.9 Å². The molecule has 0 amide bonds. The van der Waals surface area contributed by atoms with Gasteiger partial charge in [-0.1, -0.05) is 168 Å². The van der Waals surface area contributed by atoms with E-state index in [-0.39, 0.29) is 0 Å². The third-order valence-corrected chi connectivity index (χ3v) is 9.71. The molecule has 0 aromatic rings. The van der Waals surface area contributed by atoms with Crippen molar-refractivity contribution in [2.24, 2.45) is 0 Å². The average Bonchev–Trinajstić information content (AvgIpc) is 3.00. The SMILES string of the molecule is CCCCCCCCCCCCCCCC[N+](C)(CCCCCCCCCCCCCCCC)C[C@@H](O)[C@H](O)[C@H](O)CO. The Balaban J connectivity index is 4.13. The van der Waals surface area contributed by atoms with Crippen LogP contribution in [-0.4, -0.2) is 76.5 Å². The van der Waals surface area contributed by atoms with Crippen LogP contribution in [0.4, 0.5) is 0 Å². The van der Waals surface area contributed by atoms with Crippen molar-refractivity contribution < 1.29 is 24.9 Å². The third-order valence-electron chi connectivity index (χ3n) is 9.71. The molecule has 5 nitrogen and oxygen atoms in total. The Hall–Kier alpha value is -0.200. The molecule has 0 saturated carbocycles. The summed E-state index contributed by atoms with van der Waals surface area (Å²) in [5.41, 5.74) is 0. The van der Waals surface area contributed by atoms with Crippen LogP contribution in [0.15, 0.2) is 0 Å². The first-order valence-corrected chi connectivity index (χ1v) is 19.4. The Kier molecular flexibility index (Phi) is 31.6. The molecule has 0 unspecified atom stereocenters. The highest BCUT2D eigenvalue weighted by atomic mass is 16.4. The van der Waals surface area contributed by atoms with Crippen molar-refractivity contribution >= 4 is 0 Å². The van der Waals surface area contributed by atoms with Gasteiger partial charge in [0.15, 0.2) is 0 Å². The molecule has 0 aromatic carbocycles. The summed E-state index contributed by atoms with van der Waals surface area (Å²) in [5, 5.41) is 40.0. The lowest BCUT2D eigenvalue weighted by Gasteiger charge is -2.38. The number of likely N-dealkylation sites (N-methyl/N-ethyl adjacent to an activating group) is 1. The van der Waals surface area contributed by atoms with Crippen molar-refractivity contribution in [3.63, 3.8) is 0 Å². The molecule has 0 fully saturated rings. The molecule has 0 bridgehead atoms. The molecule has 4 N–H and O–H groups in total. The van der Waals surface area contributed by atoms with Crippen molar-refractivity contribution in [1.29, 1.82) is 0 Å². The zero-order chi connectivity index (χ0) is 31.9. The Morgan fingerprint density at radius 3 is 0.907 bits per heavy atom. The number of quaternary nitrogens is 1. The van der Waals surface area contributed by atoms with E-state index in [4.69, 9.17) is 0 Å². The first-order valence-electron chi connectivity index (χ1n) is 19.4. The van der Waals surface area contributed by atoms with Gasteiger partial charge in [-0.3, -0.25) is 0 Å². The zero-order valence-electron chi connectivity index (χ0n) is 29.6. The van der Waals surface area contributed by atoms with Crippen LogP contribution in [0.5, 0.6) is 0 Å². The minimum Gasteiger partial charge on any atom is -0.394 e. The van der Waals surface area contributed by atoms with E-state index < -0.39 is 24.9 Å². The number of nitrogens with zero attached hydrogens (tertiary/aromatic N) is 1. The van der Waals surface area contributed by atoms with Gasteiger partial charge in [-0.05, 0) is 25.7 Å². The standard InChI is InChI=1S/C38H80NO4/c1-4-6-8-10-12-14-16-18-20-22-24-26-28-30-32-39(3,34-36(41)38(43)37(42)35-40)33-31-29-27-25-23-21-19-17-15-13-11-9-7-5-2/h36-38,40-43H,4-35H2,1-3H3/q+1/t36-,37-,38+/m1/s1. The smallest absolute Gasteiger partial charge is 0.131 e. The van der Waals surface area contributed by atoms with Gasteiger partial charge in [0.1, 0.15) is 24.9 Å². The van der Waals surface area contributed by atoms with Gasteiger partial charge in [0, 0.05) is 0 Å². The predicted molar refractivity (Wildman–Crippen MR) is 187 cm³/mol. The van der Waals surface area contributed by atoms with E-state index in [9.17, 15) is 20.4 Å². The Labute approximate surface area is 269 Å². The Morgan fingerprint density at radius 1 is 0.395 bits per heavy atom. The number of aliphatic hydroxyl groups is 4. The number of hydrogen-bond acceptors (Lipinski definition) is 4. The highest BCUT2D eigenvalue weighted by Crippen LogP contribution is 2.18. The van der Waals surface area contributed by atoms with Crippen LogP contribution in [0, 0.1) is 0 Å². The maximum atomic E-state index is 10.6. The molecule has 5 heteroatoms. The van der Waals surface area contributed by atoms with Gasteiger partial charge in [-0.15, -0.1) is 0 Å². The highest BCUT2D eigenvalue weighted by molar-refractivity contribution is 4.74. The summed E-state index contributed by atoms with van der Waals surface area (Å²) in [6, 6.07) is 0. The molecular weight excluding hydrogens is 534 g/mol. The minimum atomic E-state index is -1.30. The molecular formula is C38H80NO4+. The van der Waals surface area contributed by atoms with Crippen molar-refractivity contribution in [2.75, 3.05) is 33.3 Å². The molecule has 3 atom stereocenters. The lowest BCUT2D eigenvalue weighted by Crippen LogP contribution is -2.54.